The lowest BCUT2D eigenvalue weighted by Gasteiger charge is -2.13. The Hall–Kier alpha value is -1.46. The van der Waals surface area contributed by atoms with Crippen LogP contribution >= 0.6 is 28.1 Å². The Balaban J connectivity index is 2.44. The predicted molar refractivity (Wildman–Crippen MR) is 79.7 cm³/mol. The van der Waals surface area contributed by atoms with Gasteiger partial charge in [0.2, 0.25) is 0 Å². The molecule has 0 saturated heterocycles. The fourth-order valence-corrected chi connectivity index (χ4v) is 2.52. The van der Waals surface area contributed by atoms with Gasteiger partial charge in [-0.05, 0) is 40.2 Å². The third-order valence-corrected chi connectivity index (χ3v) is 3.27. The van der Waals surface area contributed by atoms with E-state index in [1.54, 1.807) is 24.3 Å². The molecule has 92 valence electrons. The Morgan fingerprint density at radius 3 is 2.44 bits per heavy atom. The summed E-state index contributed by atoms with van der Waals surface area (Å²) in [6.45, 7) is 0. The van der Waals surface area contributed by atoms with Gasteiger partial charge < -0.3 is 11.1 Å². The molecular weight excluding hydrogens is 315 g/mol. The van der Waals surface area contributed by atoms with Crippen LogP contribution in [0.1, 0.15) is 5.56 Å². The molecule has 0 unspecified atom stereocenters. The van der Waals surface area contributed by atoms with E-state index in [2.05, 4.69) is 21.2 Å². The highest BCUT2D eigenvalue weighted by Crippen LogP contribution is 2.28. The number of hydrogen-bond donors (Lipinski definition) is 2. The average molecular weight is 325 g/mol. The summed E-state index contributed by atoms with van der Waals surface area (Å²) in [4.78, 5) is 0.251. The van der Waals surface area contributed by atoms with Crippen molar-refractivity contribution in [2.45, 2.75) is 0 Å². The second-order valence-electron chi connectivity index (χ2n) is 3.63. The minimum atomic E-state index is -0.327. The number of para-hydroxylation sites is 1. The molecule has 0 aromatic heterocycles. The van der Waals surface area contributed by atoms with E-state index in [-0.39, 0.29) is 10.8 Å². The molecule has 0 amide bonds. The fourth-order valence-electron chi connectivity index (χ4n) is 1.59. The predicted octanol–water partition coefficient (Wildman–Crippen LogP) is 3.97. The van der Waals surface area contributed by atoms with Gasteiger partial charge in [0, 0.05) is 15.7 Å². The highest BCUT2D eigenvalue weighted by Gasteiger charge is 2.10. The summed E-state index contributed by atoms with van der Waals surface area (Å²) in [6, 6.07) is 11.9. The lowest BCUT2D eigenvalue weighted by molar-refractivity contribution is 0.632. The maximum absolute atomic E-state index is 13.6. The highest BCUT2D eigenvalue weighted by molar-refractivity contribution is 9.10. The molecule has 3 N–H and O–H groups in total. The maximum Gasteiger partial charge on any atom is 0.146 e. The van der Waals surface area contributed by atoms with Crippen molar-refractivity contribution in [3.63, 3.8) is 0 Å². The van der Waals surface area contributed by atoms with Crippen LogP contribution in [0.3, 0.4) is 0 Å². The quantitative estimate of drug-likeness (QED) is 0.839. The third kappa shape index (κ3) is 2.68. The Morgan fingerprint density at radius 1 is 1.11 bits per heavy atom. The Kier molecular flexibility index (Phi) is 3.93. The van der Waals surface area contributed by atoms with Crippen molar-refractivity contribution in [3.05, 3.63) is 58.3 Å². The average Bonchev–Trinajstić information content (AvgIpc) is 2.31. The van der Waals surface area contributed by atoms with E-state index < -0.39 is 0 Å². The van der Waals surface area contributed by atoms with E-state index in [1.807, 2.05) is 12.1 Å². The minimum absolute atomic E-state index is 0.251. The minimum Gasteiger partial charge on any atom is -0.389 e. The van der Waals surface area contributed by atoms with E-state index in [9.17, 15) is 4.39 Å². The zero-order valence-electron chi connectivity index (χ0n) is 9.28. The first-order valence-corrected chi connectivity index (χ1v) is 6.39. The molecule has 2 aromatic carbocycles. The number of anilines is 2. The number of nitrogens with two attached hydrogens (primary N) is 1. The summed E-state index contributed by atoms with van der Waals surface area (Å²) >= 11 is 8.38. The van der Waals surface area contributed by atoms with E-state index in [4.69, 9.17) is 18.0 Å². The fraction of sp³-hybridized carbons (Fsp3) is 0. The molecule has 0 aliphatic rings. The molecule has 0 saturated carbocycles. The van der Waals surface area contributed by atoms with Gasteiger partial charge in [0.1, 0.15) is 10.8 Å². The third-order valence-electron chi connectivity index (χ3n) is 2.40. The summed E-state index contributed by atoms with van der Waals surface area (Å²) in [5.74, 6) is -0.327. The summed E-state index contributed by atoms with van der Waals surface area (Å²) in [6.07, 6.45) is 0. The van der Waals surface area contributed by atoms with Gasteiger partial charge in [-0.1, -0.05) is 30.4 Å². The number of benzene rings is 2. The molecule has 0 aliphatic heterocycles. The lowest BCUT2D eigenvalue weighted by Crippen LogP contribution is -2.13. The molecule has 18 heavy (non-hydrogen) atoms. The standard InChI is InChI=1S/C13H10BrFN2S/c14-8-4-3-7-11(12(8)13(16)18)17-10-6-2-1-5-9(10)15/h1-7,17H,(H2,16,18). The SMILES string of the molecule is NC(=S)c1c(Br)cccc1Nc1ccccc1F. The highest BCUT2D eigenvalue weighted by atomic mass is 79.9. The van der Waals surface area contributed by atoms with Crippen molar-refractivity contribution in [2.24, 2.45) is 5.73 Å². The van der Waals surface area contributed by atoms with Crippen LogP contribution in [-0.4, -0.2) is 4.99 Å². The molecular formula is C13H10BrFN2S. The number of rotatable bonds is 3. The van der Waals surface area contributed by atoms with Crippen LogP contribution in [0.4, 0.5) is 15.8 Å². The number of halogens is 2. The molecule has 0 atom stereocenters. The summed E-state index contributed by atoms with van der Waals surface area (Å²) in [7, 11) is 0. The topological polar surface area (TPSA) is 38.0 Å². The lowest BCUT2D eigenvalue weighted by atomic mass is 10.1. The van der Waals surface area contributed by atoms with Gasteiger partial charge in [0.05, 0.1) is 5.69 Å². The van der Waals surface area contributed by atoms with Crippen LogP contribution in [0.25, 0.3) is 0 Å². The first kappa shape index (κ1) is 13.0. The number of thiocarbonyl (C=S) groups is 1. The first-order valence-electron chi connectivity index (χ1n) is 5.19. The van der Waals surface area contributed by atoms with Crippen molar-refractivity contribution in [1.29, 1.82) is 0 Å². The normalized spacial score (nSPS) is 10.1. The monoisotopic (exact) mass is 324 g/mol. The van der Waals surface area contributed by atoms with Crippen LogP contribution in [0.2, 0.25) is 0 Å². The number of nitrogens with one attached hydrogen (secondary N) is 1. The van der Waals surface area contributed by atoms with Gasteiger partial charge in [-0.2, -0.15) is 0 Å². The molecule has 0 bridgehead atoms. The summed E-state index contributed by atoms with van der Waals surface area (Å²) < 4.78 is 14.3. The molecule has 2 nitrogen and oxygen atoms in total. The van der Waals surface area contributed by atoms with E-state index in [0.29, 0.717) is 16.9 Å². The van der Waals surface area contributed by atoms with Crippen molar-refractivity contribution in [2.75, 3.05) is 5.32 Å². The second kappa shape index (κ2) is 5.46. The van der Waals surface area contributed by atoms with Crippen molar-refractivity contribution >= 4 is 44.5 Å². The zero-order chi connectivity index (χ0) is 13.1. The van der Waals surface area contributed by atoms with E-state index in [1.165, 1.54) is 6.07 Å². The molecule has 5 heteroatoms. The summed E-state index contributed by atoms with van der Waals surface area (Å²) in [5, 5.41) is 2.99. The van der Waals surface area contributed by atoms with Crippen LogP contribution in [0, 0.1) is 5.82 Å². The number of hydrogen-bond acceptors (Lipinski definition) is 2. The van der Waals surface area contributed by atoms with Crippen LogP contribution in [-0.2, 0) is 0 Å². The largest absolute Gasteiger partial charge is 0.389 e. The zero-order valence-corrected chi connectivity index (χ0v) is 11.7. The van der Waals surface area contributed by atoms with Gasteiger partial charge in [-0.25, -0.2) is 4.39 Å². The molecule has 2 rings (SSSR count). The second-order valence-corrected chi connectivity index (χ2v) is 4.93. The summed E-state index contributed by atoms with van der Waals surface area (Å²) in [5.41, 5.74) is 7.39. The van der Waals surface area contributed by atoms with Crippen molar-refractivity contribution < 1.29 is 4.39 Å². The van der Waals surface area contributed by atoms with E-state index >= 15 is 0 Å². The van der Waals surface area contributed by atoms with Gasteiger partial charge in [0.15, 0.2) is 0 Å². The maximum atomic E-state index is 13.6. The smallest absolute Gasteiger partial charge is 0.146 e. The van der Waals surface area contributed by atoms with Crippen molar-refractivity contribution in [1.82, 2.24) is 0 Å². The van der Waals surface area contributed by atoms with E-state index in [0.717, 1.165) is 4.47 Å². The van der Waals surface area contributed by atoms with Gasteiger partial charge in [-0.15, -0.1) is 0 Å². The van der Waals surface area contributed by atoms with Gasteiger partial charge in [0.25, 0.3) is 0 Å². The van der Waals surface area contributed by atoms with Crippen LogP contribution in [0.5, 0.6) is 0 Å². The molecule has 0 aliphatic carbocycles. The van der Waals surface area contributed by atoms with Crippen LogP contribution in [0.15, 0.2) is 46.9 Å². The van der Waals surface area contributed by atoms with Gasteiger partial charge in [-0.3, -0.25) is 0 Å². The Morgan fingerprint density at radius 2 is 1.78 bits per heavy atom. The molecule has 0 radical (unpaired) electrons. The Bertz CT molecular complexity index is 601. The first-order chi connectivity index (χ1) is 8.59. The molecule has 2 aromatic rings. The van der Waals surface area contributed by atoms with Crippen LogP contribution < -0.4 is 11.1 Å². The van der Waals surface area contributed by atoms with Gasteiger partial charge >= 0.3 is 0 Å². The molecule has 0 fully saturated rings. The molecule has 0 spiro atoms. The Labute approximate surface area is 118 Å². The molecule has 0 heterocycles. The van der Waals surface area contributed by atoms with Crippen molar-refractivity contribution in [3.8, 4) is 0 Å².